The summed E-state index contributed by atoms with van der Waals surface area (Å²) in [6, 6.07) is 7.71. The third-order valence-corrected chi connectivity index (χ3v) is 5.49. The van der Waals surface area contributed by atoms with E-state index >= 15 is 0 Å². The van der Waals surface area contributed by atoms with Gasteiger partial charge in [-0.15, -0.1) is 0 Å². The summed E-state index contributed by atoms with van der Waals surface area (Å²) in [4.78, 5) is 25.6. The summed E-state index contributed by atoms with van der Waals surface area (Å²) < 4.78 is 0. The number of hydrogen-bond donors (Lipinski definition) is 2. The van der Waals surface area contributed by atoms with E-state index in [9.17, 15) is 14.7 Å². The molecule has 2 amide bonds. The normalized spacial score (nSPS) is 25.2. The predicted octanol–water partition coefficient (Wildman–Crippen LogP) is 1.86. The summed E-state index contributed by atoms with van der Waals surface area (Å²) in [5, 5.41) is 14.3. The fourth-order valence-electron chi connectivity index (χ4n) is 3.43. The van der Waals surface area contributed by atoms with Gasteiger partial charge in [-0.3, -0.25) is 9.59 Å². The molecule has 1 aliphatic carbocycles. The van der Waals surface area contributed by atoms with E-state index in [4.69, 9.17) is 11.6 Å². The molecule has 2 aliphatic rings. The third kappa shape index (κ3) is 3.42. The first kappa shape index (κ1) is 17.2. The molecule has 1 atom stereocenters. The summed E-state index contributed by atoms with van der Waals surface area (Å²) >= 11 is 5.93. The van der Waals surface area contributed by atoms with Crippen molar-refractivity contribution >= 4 is 23.4 Å². The maximum absolute atomic E-state index is 12.5. The largest absolute Gasteiger partial charge is 0.378 e. The fourth-order valence-corrected chi connectivity index (χ4v) is 3.55. The zero-order chi connectivity index (χ0) is 17.4. The van der Waals surface area contributed by atoms with Gasteiger partial charge in [-0.25, -0.2) is 0 Å². The van der Waals surface area contributed by atoms with E-state index in [1.54, 1.807) is 0 Å². The molecule has 3 rings (SSSR count). The Bertz CT molecular complexity index is 642. The van der Waals surface area contributed by atoms with Crippen LogP contribution in [0.4, 0.5) is 0 Å². The SMILES string of the molecule is CC(=O)N1CCC[C@](O)(C(=O)NCC2(c3ccc(Cl)cc3)CC2)C1. The number of β-amino-alcohol motifs (C(OH)–C–C–N with tert-alkyl or cyclic N) is 1. The van der Waals surface area contributed by atoms with Crippen molar-refractivity contribution in [3.8, 4) is 0 Å². The minimum absolute atomic E-state index is 0.0501. The van der Waals surface area contributed by atoms with Crippen LogP contribution in [0.3, 0.4) is 0 Å². The molecule has 1 aromatic carbocycles. The molecule has 0 bridgehead atoms. The van der Waals surface area contributed by atoms with E-state index < -0.39 is 5.60 Å². The van der Waals surface area contributed by atoms with Gasteiger partial charge in [-0.05, 0) is 43.4 Å². The third-order valence-electron chi connectivity index (χ3n) is 5.24. The summed E-state index contributed by atoms with van der Waals surface area (Å²) in [5.74, 6) is -0.491. The van der Waals surface area contributed by atoms with Crippen LogP contribution < -0.4 is 5.32 Å². The number of nitrogens with one attached hydrogen (secondary N) is 1. The molecule has 0 aromatic heterocycles. The number of rotatable bonds is 4. The van der Waals surface area contributed by atoms with Gasteiger partial charge in [-0.1, -0.05) is 23.7 Å². The molecule has 6 heteroatoms. The van der Waals surface area contributed by atoms with Crippen molar-refractivity contribution in [3.63, 3.8) is 0 Å². The van der Waals surface area contributed by atoms with Crippen LogP contribution in [0.1, 0.15) is 38.2 Å². The summed E-state index contributed by atoms with van der Waals surface area (Å²) in [6.45, 7) is 2.63. The van der Waals surface area contributed by atoms with Crippen molar-refractivity contribution in [2.75, 3.05) is 19.6 Å². The van der Waals surface area contributed by atoms with Crippen molar-refractivity contribution in [1.82, 2.24) is 10.2 Å². The lowest BCUT2D eigenvalue weighted by Gasteiger charge is -2.37. The Labute approximate surface area is 147 Å². The molecular weight excluding hydrogens is 328 g/mol. The molecule has 1 aromatic rings. The predicted molar refractivity (Wildman–Crippen MR) is 91.8 cm³/mol. The monoisotopic (exact) mass is 350 g/mol. The summed E-state index contributed by atoms with van der Waals surface area (Å²) in [5.41, 5.74) is -0.376. The van der Waals surface area contributed by atoms with Crippen LogP contribution in [0.5, 0.6) is 0 Å². The number of carbonyl (C=O) groups excluding carboxylic acids is 2. The van der Waals surface area contributed by atoms with Crippen LogP contribution in [-0.4, -0.2) is 47.1 Å². The van der Waals surface area contributed by atoms with Crippen LogP contribution in [0.2, 0.25) is 5.02 Å². The van der Waals surface area contributed by atoms with E-state index in [2.05, 4.69) is 5.32 Å². The fraction of sp³-hybridized carbons (Fsp3) is 0.556. The van der Waals surface area contributed by atoms with Gasteiger partial charge in [0.1, 0.15) is 0 Å². The second-order valence-corrected chi connectivity index (χ2v) is 7.48. The molecule has 0 unspecified atom stereocenters. The lowest BCUT2D eigenvalue weighted by Crippen LogP contribution is -2.58. The Morgan fingerprint density at radius 3 is 2.50 bits per heavy atom. The number of halogens is 1. The average Bonchev–Trinajstić information content (AvgIpc) is 3.34. The minimum Gasteiger partial charge on any atom is -0.378 e. The van der Waals surface area contributed by atoms with Gasteiger partial charge in [0.15, 0.2) is 5.60 Å². The second-order valence-electron chi connectivity index (χ2n) is 7.05. The number of piperidine rings is 1. The van der Waals surface area contributed by atoms with E-state index in [1.807, 2.05) is 24.3 Å². The number of likely N-dealkylation sites (tertiary alicyclic amines) is 1. The Morgan fingerprint density at radius 2 is 1.92 bits per heavy atom. The lowest BCUT2D eigenvalue weighted by atomic mass is 9.90. The first-order valence-corrected chi connectivity index (χ1v) is 8.75. The van der Waals surface area contributed by atoms with Gasteiger partial charge < -0.3 is 15.3 Å². The summed E-state index contributed by atoms with van der Waals surface area (Å²) in [7, 11) is 0. The van der Waals surface area contributed by atoms with E-state index in [0.717, 1.165) is 18.4 Å². The molecule has 1 saturated carbocycles. The highest BCUT2D eigenvalue weighted by molar-refractivity contribution is 6.30. The van der Waals surface area contributed by atoms with Gasteiger partial charge in [0.2, 0.25) is 5.91 Å². The minimum atomic E-state index is -1.49. The highest BCUT2D eigenvalue weighted by Gasteiger charge is 2.46. The molecule has 1 heterocycles. The van der Waals surface area contributed by atoms with Crippen LogP contribution in [0.25, 0.3) is 0 Å². The Hall–Kier alpha value is -1.59. The smallest absolute Gasteiger partial charge is 0.253 e. The lowest BCUT2D eigenvalue weighted by molar-refractivity contribution is -0.150. The quantitative estimate of drug-likeness (QED) is 0.870. The molecule has 2 fully saturated rings. The Balaban J connectivity index is 1.63. The maximum Gasteiger partial charge on any atom is 0.253 e. The van der Waals surface area contributed by atoms with E-state index in [-0.39, 0.29) is 23.8 Å². The molecule has 1 saturated heterocycles. The van der Waals surface area contributed by atoms with Crippen LogP contribution in [-0.2, 0) is 15.0 Å². The number of nitrogens with zero attached hydrogens (tertiary/aromatic N) is 1. The van der Waals surface area contributed by atoms with Crippen LogP contribution in [0.15, 0.2) is 24.3 Å². The highest BCUT2D eigenvalue weighted by Crippen LogP contribution is 2.47. The maximum atomic E-state index is 12.5. The number of carbonyl (C=O) groups is 2. The molecular formula is C18H23ClN2O3. The van der Waals surface area contributed by atoms with Crippen molar-refractivity contribution in [2.24, 2.45) is 0 Å². The Kier molecular flexibility index (Phi) is 4.58. The number of hydrogen-bond acceptors (Lipinski definition) is 3. The number of amides is 2. The van der Waals surface area contributed by atoms with Gasteiger partial charge in [0.05, 0.1) is 6.54 Å². The van der Waals surface area contributed by atoms with Crippen molar-refractivity contribution < 1.29 is 14.7 Å². The molecule has 0 spiro atoms. The topological polar surface area (TPSA) is 69.6 Å². The first-order valence-electron chi connectivity index (χ1n) is 8.37. The van der Waals surface area contributed by atoms with Gasteiger partial charge >= 0.3 is 0 Å². The highest BCUT2D eigenvalue weighted by atomic mass is 35.5. The molecule has 5 nitrogen and oxygen atoms in total. The van der Waals surface area contributed by atoms with Crippen LogP contribution in [0, 0.1) is 0 Å². The van der Waals surface area contributed by atoms with Crippen molar-refractivity contribution in [2.45, 2.75) is 43.6 Å². The molecule has 0 radical (unpaired) electrons. The summed E-state index contributed by atoms with van der Waals surface area (Å²) in [6.07, 6.45) is 3.03. The van der Waals surface area contributed by atoms with Crippen LogP contribution >= 0.6 is 11.6 Å². The standard InChI is InChI=1S/C18H23ClN2O3/c1-13(22)21-10-2-7-18(24,12-21)16(23)20-11-17(8-9-17)14-3-5-15(19)6-4-14/h3-6,24H,2,7-12H2,1H3,(H,20,23)/t18-/m1/s1. The average molecular weight is 351 g/mol. The van der Waals surface area contributed by atoms with Gasteiger partial charge in [0, 0.05) is 30.5 Å². The van der Waals surface area contributed by atoms with Gasteiger partial charge in [0.25, 0.3) is 5.91 Å². The van der Waals surface area contributed by atoms with E-state index in [0.29, 0.717) is 31.0 Å². The zero-order valence-corrected chi connectivity index (χ0v) is 14.6. The molecule has 2 N–H and O–H groups in total. The Morgan fingerprint density at radius 1 is 1.25 bits per heavy atom. The zero-order valence-electron chi connectivity index (χ0n) is 13.8. The molecule has 24 heavy (non-hydrogen) atoms. The molecule has 1 aliphatic heterocycles. The number of aliphatic hydroxyl groups is 1. The number of benzene rings is 1. The van der Waals surface area contributed by atoms with Crippen molar-refractivity contribution in [3.05, 3.63) is 34.9 Å². The van der Waals surface area contributed by atoms with E-state index in [1.165, 1.54) is 11.8 Å². The van der Waals surface area contributed by atoms with Crippen molar-refractivity contribution in [1.29, 1.82) is 0 Å². The second kappa shape index (κ2) is 6.37. The first-order chi connectivity index (χ1) is 11.3. The molecule has 130 valence electrons. The van der Waals surface area contributed by atoms with Gasteiger partial charge in [-0.2, -0.15) is 0 Å².